The van der Waals surface area contributed by atoms with Crippen LogP contribution in [0.5, 0.6) is 0 Å². The number of rotatable bonds is 3. The molecule has 0 N–H and O–H groups in total. The van der Waals surface area contributed by atoms with E-state index >= 15 is 0 Å². The molecule has 43 heavy (non-hydrogen) atoms. The van der Waals surface area contributed by atoms with Gasteiger partial charge in [-0.1, -0.05) is 120 Å². The maximum absolute atomic E-state index is 2.49. The molecule has 2 heterocycles. The lowest BCUT2D eigenvalue weighted by Crippen LogP contribution is -2.26. The van der Waals surface area contributed by atoms with Crippen LogP contribution in [-0.4, -0.2) is 4.57 Å². The van der Waals surface area contributed by atoms with Gasteiger partial charge in [-0.05, 0) is 70.0 Å². The van der Waals surface area contributed by atoms with Crippen molar-refractivity contribution in [2.24, 2.45) is 0 Å². The van der Waals surface area contributed by atoms with Crippen molar-refractivity contribution < 1.29 is 0 Å². The highest BCUT2D eigenvalue weighted by Gasteiger charge is 2.34. The van der Waals surface area contributed by atoms with E-state index in [1.807, 2.05) is 0 Å². The predicted molar refractivity (Wildman–Crippen MR) is 184 cm³/mol. The molecule has 1 aromatic heterocycles. The Hall–Kier alpha value is -4.82. The van der Waals surface area contributed by atoms with Crippen LogP contribution in [0.2, 0.25) is 0 Å². The van der Waals surface area contributed by atoms with Gasteiger partial charge in [0, 0.05) is 32.9 Å². The fourth-order valence-electron chi connectivity index (χ4n) is 7.23. The van der Waals surface area contributed by atoms with Crippen LogP contribution in [0.25, 0.3) is 38.3 Å². The number of benzene rings is 6. The summed E-state index contributed by atoms with van der Waals surface area (Å²) in [4.78, 5) is 2.43. The Balaban J connectivity index is 1.41. The minimum absolute atomic E-state index is 0.0763. The first kappa shape index (κ1) is 25.9. The summed E-state index contributed by atoms with van der Waals surface area (Å²) in [5.74, 6) is 0. The van der Waals surface area contributed by atoms with Gasteiger partial charge in [0.05, 0.1) is 22.4 Å². The normalized spacial score (nSPS) is 13.9. The molecular weight excluding hydrogens is 520 g/mol. The van der Waals surface area contributed by atoms with Gasteiger partial charge in [0.15, 0.2) is 0 Å². The third kappa shape index (κ3) is 3.79. The van der Waals surface area contributed by atoms with Crippen LogP contribution in [0.4, 0.5) is 17.1 Å². The molecule has 210 valence electrons. The Kier molecular flexibility index (Phi) is 5.46. The smallest absolute Gasteiger partial charge is 0.0582 e. The molecule has 6 aromatic carbocycles. The quantitative estimate of drug-likeness (QED) is 0.210. The molecule has 0 atom stereocenters. The summed E-state index contributed by atoms with van der Waals surface area (Å²) in [5, 5.41) is 5.06. The SMILES string of the molecule is CC(C)(C)c1ccc(N(c2ccc3c(c2)c2cccc4c2n3-c2ccccc2C4(C)C)c2cccc3ccccc23)cc1. The first-order valence-electron chi connectivity index (χ1n) is 15.3. The first-order chi connectivity index (χ1) is 20.7. The maximum atomic E-state index is 2.49. The molecule has 0 bridgehead atoms. The van der Waals surface area contributed by atoms with Crippen molar-refractivity contribution in [1.29, 1.82) is 0 Å². The van der Waals surface area contributed by atoms with Crippen LogP contribution in [0.15, 0.2) is 127 Å². The van der Waals surface area contributed by atoms with E-state index in [1.165, 1.54) is 60.6 Å². The molecule has 0 saturated carbocycles. The van der Waals surface area contributed by atoms with Crippen LogP contribution >= 0.6 is 0 Å². The number of anilines is 3. The summed E-state index contributed by atoms with van der Waals surface area (Å²) < 4.78 is 2.49. The van der Waals surface area contributed by atoms with E-state index in [4.69, 9.17) is 0 Å². The number of para-hydroxylation sites is 2. The summed E-state index contributed by atoms with van der Waals surface area (Å²) in [5.41, 5.74) is 11.4. The minimum atomic E-state index is -0.0763. The lowest BCUT2D eigenvalue weighted by Gasteiger charge is -2.34. The number of hydrogen-bond acceptors (Lipinski definition) is 1. The molecule has 0 amide bonds. The van der Waals surface area contributed by atoms with Crippen molar-refractivity contribution in [2.75, 3.05) is 4.90 Å². The molecule has 0 unspecified atom stereocenters. The van der Waals surface area contributed by atoms with E-state index in [9.17, 15) is 0 Å². The van der Waals surface area contributed by atoms with Crippen LogP contribution in [0.3, 0.4) is 0 Å². The Bertz CT molecular complexity index is 2180. The topological polar surface area (TPSA) is 8.17 Å². The van der Waals surface area contributed by atoms with Crippen molar-refractivity contribution in [3.8, 4) is 5.69 Å². The van der Waals surface area contributed by atoms with Crippen molar-refractivity contribution in [3.63, 3.8) is 0 Å². The van der Waals surface area contributed by atoms with Crippen LogP contribution in [-0.2, 0) is 10.8 Å². The molecular formula is C41H36N2. The van der Waals surface area contributed by atoms with E-state index in [1.54, 1.807) is 0 Å². The summed E-state index contributed by atoms with van der Waals surface area (Å²) in [7, 11) is 0. The molecule has 2 heteroatoms. The second-order valence-electron chi connectivity index (χ2n) is 13.5. The Morgan fingerprint density at radius 3 is 2.05 bits per heavy atom. The standard InChI is InChI=1S/C41H36N2/c1-40(2,3)28-20-22-29(23-21-28)42(36-19-10-13-27-12-6-7-14-31(27)36)30-24-25-37-33(26-30)32-15-11-17-35-39(32)43(37)38-18-9-8-16-34(38)41(35,4)5/h6-26H,1-5H3. The molecule has 2 nitrogen and oxygen atoms in total. The molecule has 0 saturated heterocycles. The van der Waals surface area contributed by atoms with E-state index in [0.717, 1.165) is 11.4 Å². The Labute approximate surface area is 253 Å². The second kappa shape index (κ2) is 9.09. The van der Waals surface area contributed by atoms with Gasteiger partial charge in [-0.15, -0.1) is 0 Å². The Morgan fingerprint density at radius 1 is 0.581 bits per heavy atom. The molecule has 7 aromatic rings. The van der Waals surface area contributed by atoms with Gasteiger partial charge in [-0.2, -0.15) is 0 Å². The highest BCUT2D eigenvalue weighted by molar-refractivity contribution is 6.13. The van der Waals surface area contributed by atoms with Gasteiger partial charge in [0.1, 0.15) is 0 Å². The molecule has 1 aliphatic rings. The van der Waals surface area contributed by atoms with Crippen molar-refractivity contribution >= 4 is 49.6 Å². The fourth-order valence-corrected chi connectivity index (χ4v) is 7.23. The average molecular weight is 557 g/mol. The van der Waals surface area contributed by atoms with Crippen molar-refractivity contribution in [3.05, 3.63) is 144 Å². The van der Waals surface area contributed by atoms with Crippen LogP contribution < -0.4 is 4.90 Å². The number of fused-ring (bicyclic) bond motifs is 6. The van der Waals surface area contributed by atoms with Gasteiger partial charge in [-0.25, -0.2) is 0 Å². The summed E-state index contributed by atoms with van der Waals surface area (Å²) in [6.45, 7) is 11.5. The lowest BCUT2D eigenvalue weighted by molar-refractivity contribution is 0.590. The number of nitrogens with zero attached hydrogens (tertiary/aromatic N) is 2. The van der Waals surface area contributed by atoms with E-state index in [0.29, 0.717) is 0 Å². The molecule has 1 aliphatic heterocycles. The lowest BCUT2D eigenvalue weighted by atomic mass is 9.75. The molecule has 8 rings (SSSR count). The number of aromatic nitrogens is 1. The van der Waals surface area contributed by atoms with Gasteiger partial charge in [-0.3, -0.25) is 0 Å². The highest BCUT2D eigenvalue weighted by atomic mass is 15.1. The van der Waals surface area contributed by atoms with Crippen LogP contribution in [0, 0.1) is 0 Å². The summed E-state index contributed by atoms with van der Waals surface area (Å²) in [6, 6.07) is 47.2. The Morgan fingerprint density at radius 2 is 1.23 bits per heavy atom. The molecule has 0 radical (unpaired) electrons. The van der Waals surface area contributed by atoms with E-state index in [-0.39, 0.29) is 10.8 Å². The third-order valence-corrected chi connectivity index (χ3v) is 9.52. The maximum Gasteiger partial charge on any atom is 0.0582 e. The number of hydrogen-bond donors (Lipinski definition) is 0. The zero-order valence-corrected chi connectivity index (χ0v) is 25.5. The van der Waals surface area contributed by atoms with E-state index in [2.05, 4.69) is 171 Å². The summed E-state index contributed by atoms with van der Waals surface area (Å²) >= 11 is 0. The minimum Gasteiger partial charge on any atom is -0.310 e. The average Bonchev–Trinajstić information content (AvgIpc) is 3.35. The second-order valence-corrected chi connectivity index (χ2v) is 13.5. The molecule has 0 fully saturated rings. The third-order valence-electron chi connectivity index (χ3n) is 9.52. The van der Waals surface area contributed by atoms with Crippen molar-refractivity contribution in [1.82, 2.24) is 4.57 Å². The van der Waals surface area contributed by atoms with Gasteiger partial charge < -0.3 is 9.47 Å². The van der Waals surface area contributed by atoms with Gasteiger partial charge in [0.25, 0.3) is 0 Å². The molecule has 0 spiro atoms. The predicted octanol–water partition coefficient (Wildman–Crippen LogP) is 11.3. The van der Waals surface area contributed by atoms with Gasteiger partial charge >= 0.3 is 0 Å². The van der Waals surface area contributed by atoms with Crippen LogP contribution in [0.1, 0.15) is 51.3 Å². The van der Waals surface area contributed by atoms with E-state index < -0.39 is 0 Å². The largest absolute Gasteiger partial charge is 0.310 e. The highest BCUT2D eigenvalue weighted by Crippen LogP contribution is 2.48. The fraction of sp³-hybridized carbons (Fsp3) is 0.171. The van der Waals surface area contributed by atoms with Crippen molar-refractivity contribution in [2.45, 2.75) is 45.4 Å². The zero-order chi connectivity index (χ0) is 29.5. The van der Waals surface area contributed by atoms with Gasteiger partial charge in [0.2, 0.25) is 0 Å². The first-order valence-corrected chi connectivity index (χ1v) is 15.3. The molecule has 0 aliphatic carbocycles. The monoisotopic (exact) mass is 556 g/mol. The zero-order valence-electron chi connectivity index (χ0n) is 25.5. The summed E-state index contributed by atoms with van der Waals surface area (Å²) in [6.07, 6.45) is 0.